The van der Waals surface area contributed by atoms with Crippen molar-refractivity contribution >= 4 is 17.3 Å². The van der Waals surface area contributed by atoms with Gasteiger partial charge in [0.15, 0.2) is 5.96 Å². The number of guanidine groups is 1. The van der Waals surface area contributed by atoms with E-state index in [-0.39, 0.29) is 0 Å². The number of ether oxygens (including phenoxy) is 1. The van der Waals surface area contributed by atoms with Crippen LogP contribution in [-0.2, 0) is 4.74 Å². The van der Waals surface area contributed by atoms with Crippen molar-refractivity contribution in [2.45, 2.75) is 51.9 Å². The van der Waals surface area contributed by atoms with E-state index in [1.807, 2.05) is 7.05 Å². The molecule has 1 aromatic heterocycles. The molecule has 0 saturated heterocycles. The van der Waals surface area contributed by atoms with Crippen LogP contribution in [0.15, 0.2) is 21.8 Å². The average molecular weight is 352 g/mol. The third-order valence-electron chi connectivity index (χ3n) is 5.19. The van der Waals surface area contributed by atoms with Gasteiger partial charge >= 0.3 is 0 Å². The molecule has 1 heterocycles. The molecule has 1 aromatic rings. The zero-order valence-electron chi connectivity index (χ0n) is 15.4. The number of rotatable bonds is 9. The molecule has 0 aliphatic heterocycles. The van der Waals surface area contributed by atoms with Gasteiger partial charge in [0.05, 0.1) is 0 Å². The Morgan fingerprint density at radius 2 is 2.17 bits per heavy atom. The molecule has 1 atom stereocenters. The van der Waals surface area contributed by atoms with Crippen LogP contribution in [0.25, 0.3) is 0 Å². The van der Waals surface area contributed by atoms with E-state index >= 15 is 0 Å². The second kappa shape index (κ2) is 10.0. The lowest BCUT2D eigenvalue weighted by atomic mass is 9.83. The summed E-state index contributed by atoms with van der Waals surface area (Å²) in [6.45, 7) is 7.91. The van der Waals surface area contributed by atoms with Crippen LogP contribution in [0.4, 0.5) is 0 Å². The minimum Gasteiger partial charge on any atom is -0.382 e. The van der Waals surface area contributed by atoms with Crippen LogP contribution < -0.4 is 10.6 Å². The number of thiophene rings is 1. The molecule has 1 aliphatic carbocycles. The third-order valence-corrected chi connectivity index (χ3v) is 5.89. The SMILES string of the molecule is CCOCCC1(CNC(=NC)NCC(C)c2ccsc2)CCCC1. The monoisotopic (exact) mass is 351 g/mol. The van der Waals surface area contributed by atoms with Crippen LogP contribution >= 0.6 is 11.3 Å². The smallest absolute Gasteiger partial charge is 0.191 e. The normalized spacial score (nSPS) is 18.5. The van der Waals surface area contributed by atoms with Gasteiger partial charge < -0.3 is 15.4 Å². The average Bonchev–Trinajstić information content (AvgIpc) is 3.27. The van der Waals surface area contributed by atoms with E-state index in [4.69, 9.17) is 4.74 Å². The molecule has 2 rings (SSSR count). The van der Waals surface area contributed by atoms with Gasteiger partial charge in [0, 0.05) is 33.4 Å². The van der Waals surface area contributed by atoms with Crippen LogP contribution in [-0.4, -0.2) is 39.3 Å². The third kappa shape index (κ3) is 5.78. The molecular formula is C19H33N3OS. The summed E-state index contributed by atoms with van der Waals surface area (Å²) in [5.41, 5.74) is 1.78. The standard InChI is InChI=1S/C19H33N3OS/c1-4-23-11-10-19(8-5-6-9-19)15-22-18(20-3)21-13-16(2)17-7-12-24-14-17/h7,12,14,16H,4-6,8-11,13,15H2,1-3H3,(H2,20,21,22). The van der Waals surface area contributed by atoms with Crippen molar-refractivity contribution in [3.63, 3.8) is 0 Å². The molecule has 5 heteroatoms. The Bertz CT molecular complexity index is 481. The van der Waals surface area contributed by atoms with Crippen molar-refractivity contribution < 1.29 is 4.74 Å². The second-order valence-corrected chi connectivity index (χ2v) is 7.70. The van der Waals surface area contributed by atoms with E-state index in [0.717, 1.165) is 38.7 Å². The highest BCUT2D eigenvalue weighted by molar-refractivity contribution is 7.07. The van der Waals surface area contributed by atoms with Crippen molar-refractivity contribution in [1.29, 1.82) is 0 Å². The van der Waals surface area contributed by atoms with Crippen molar-refractivity contribution in [3.05, 3.63) is 22.4 Å². The van der Waals surface area contributed by atoms with E-state index in [9.17, 15) is 0 Å². The minimum atomic E-state index is 0.381. The quantitative estimate of drug-likeness (QED) is 0.401. The van der Waals surface area contributed by atoms with Crippen LogP contribution in [0.1, 0.15) is 57.4 Å². The Kier molecular flexibility index (Phi) is 8.06. The fourth-order valence-electron chi connectivity index (χ4n) is 3.49. The van der Waals surface area contributed by atoms with Crippen LogP contribution in [0, 0.1) is 5.41 Å². The van der Waals surface area contributed by atoms with Gasteiger partial charge in [-0.25, -0.2) is 0 Å². The molecule has 0 aromatic carbocycles. The highest BCUT2D eigenvalue weighted by Gasteiger charge is 2.33. The first-order chi connectivity index (χ1) is 11.7. The summed E-state index contributed by atoms with van der Waals surface area (Å²) in [6.07, 6.45) is 6.44. The Balaban J connectivity index is 1.78. The predicted molar refractivity (Wildman–Crippen MR) is 104 cm³/mol. The molecular weight excluding hydrogens is 318 g/mol. The molecule has 0 radical (unpaired) electrons. The lowest BCUT2D eigenvalue weighted by molar-refractivity contribution is 0.105. The van der Waals surface area contributed by atoms with Crippen LogP contribution in [0.5, 0.6) is 0 Å². The van der Waals surface area contributed by atoms with Gasteiger partial charge in [-0.3, -0.25) is 4.99 Å². The summed E-state index contributed by atoms with van der Waals surface area (Å²) in [5, 5.41) is 11.4. The van der Waals surface area contributed by atoms with Crippen molar-refractivity contribution in [2.24, 2.45) is 10.4 Å². The van der Waals surface area contributed by atoms with Gasteiger partial charge in [-0.05, 0) is 59.9 Å². The van der Waals surface area contributed by atoms with E-state index in [1.165, 1.54) is 31.2 Å². The summed E-state index contributed by atoms with van der Waals surface area (Å²) < 4.78 is 5.60. The summed E-state index contributed by atoms with van der Waals surface area (Å²) in [5.74, 6) is 1.41. The first-order valence-electron chi connectivity index (χ1n) is 9.23. The van der Waals surface area contributed by atoms with Crippen LogP contribution in [0.2, 0.25) is 0 Å². The fraction of sp³-hybridized carbons (Fsp3) is 0.737. The van der Waals surface area contributed by atoms with E-state index < -0.39 is 0 Å². The summed E-state index contributed by atoms with van der Waals surface area (Å²) in [7, 11) is 1.85. The number of hydrogen-bond donors (Lipinski definition) is 2. The van der Waals surface area contributed by atoms with Gasteiger partial charge in [-0.2, -0.15) is 11.3 Å². The molecule has 1 saturated carbocycles. The van der Waals surface area contributed by atoms with Crippen LogP contribution in [0.3, 0.4) is 0 Å². The van der Waals surface area contributed by atoms with E-state index in [1.54, 1.807) is 11.3 Å². The van der Waals surface area contributed by atoms with E-state index in [0.29, 0.717) is 11.3 Å². The molecule has 4 nitrogen and oxygen atoms in total. The van der Waals surface area contributed by atoms with Crippen molar-refractivity contribution in [2.75, 3.05) is 33.4 Å². The van der Waals surface area contributed by atoms with Gasteiger partial charge in [0.25, 0.3) is 0 Å². The van der Waals surface area contributed by atoms with E-state index in [2.05, 4.69) is 46.3 Å². The largest absolute Gasteiger partial charge is 0.382 e. The predicted octanol–water partition coefficient (Wildman–Crippen LogP) is 4.00. The zero-order valence-corrected chi connectivity index (χ0v) is 16.3. The maximum absolute atomic E-state index is 5.60. The topological polar surface area (TPSA) is 45.6 Å². The molecule has 136 valence electrons. The first kappa shape index (κ1) is 19.3. The van der Waals surface area contributed by atoms with Gasteiger partial charge in [-0.1, -0.05) is 19.8 Å². The molecule has 2 N–H and O–H groups in total. The molecule has 0 spiro atoms. The lowest BCUT2D eigenvalue weighted by Crippen LogP contribution is -2.44. The maximum Gasteiger partial charge on any atom is 0.191 e. The van der Waals surface area contributed by atoms with Crippen molar-refractivity contribution in [3.8, 4) is 0 Å². The summed E-state index contributed by atoms with van der Waals surface area (Å²) in [6, 6.07) is 2.20. The Morgan fingerprint density at radius 3 is 2.79 bits per heavy atom. The first-order valence-corrected chi connectivity index (χ1v) is 10.2. The molecule has 0 bridgehead atoms. The zero-order chi connectivity index (χ0) is 17.3. The highest BCUT2D eigenvalue weighted by Crippen LogP contribution is 2.40. The van der Waals surface area contributed by atoms with Gasteiger partial charge in [0.2, 0.25) is 0 Å². The highest BCUT2D eigenvalue weighted by atomic mass is 32.1. The molecule has 1 aliphatic rings. The minimum absolute atomic E-state index is 0.381. The molecule has 1 fully saturated rings. The summed E-state index contributed by atoms with van der Waals surface area (Å²) >= 11 is 1.76. The molecule has 24 heavy (non-hydrogen) atoms. The second-order valence-electron chi connectivity index (χ2n) is 6.92. The Labute approximate surface area is 151 Å². The van der Waals surface area contributed by atoms with Crippen molar-refractivity contribution in [1.82, 2.24) is 10.6 Å². The Morgan fingerprint density at radius 1 is 1.38 bits per heavy atom. The fourth-order valence-corrected chi connectivity index (χ4v) is 4.27. The lowest BCUT2D eigenvalue weighted by Gasteiger charge is -2.30. The number of hydrogen-bond acceptors (Lipinski definition) is 3. The van der Waals surface area contributed by atoms with Gasteiger partial charge in [-0.15, -0.1) is 0 Å². The number of nitrogens with zero attached hydrogens (tertiary/aromatic N) is 1. The molecule has 0 amide bonds. The number of aliphatic imine (C=N–C) groups is 1. The number of nitrogens with one attached hydrogen (secondary N) is 2. The molecule has 1 unspecified atom stereocenters. The Hall–Kier alpha value is -1.07. The van der Waals surface area contributed by atoms with Gasteiger partial charge in [0.1, 0.15) is 0 Å². The maximum atomic E-state index is 5.60. The summed E-state index contributed by atoms with van der Waals surface area (Å²) in [4.78, 5) is 4.40.